The number of hydrogen-bond donors (Lipinski definition) is 3. The molecule has 0 bridgehead atoms. The van der Waals surface area contributed by atoms with Crippen molar-refractivity contribution in [3.8, 4) is 5.69 Å². The minimum atomic E-state index is -4.18. The highest BCUT2D eigenvalue weighted by Crippen LogP contribution is 2.29. The Bertz CT molecular complexity index is 1130. The molecule has 2 heterocycles. The molecule has 9 nitrogen and oxygen atoms in total. The number of aryl methyl sites for hydroxylation is 2. The largest absolute Gasteiger partial charge is 0.384 e. The lowest BCUT2D eigenvalue weighted by Gasteiger charge is -2.18. The number of amides is 2. The molecule has 2 aromatic rings. The predicted octanol–water partition coefficient (Wildman–Crippen LogP) is -0.432. The number of nitrogens with zero attached hydrogens (tertiary/aromatic N) is 1. The summed E-state index contributed by atoms with van der Waals surface area (Å²) in [5, 5.41) is 7.32. The maximum absolute atomic E-state index is 12.5. The van der Waals surface area contributed by atoms with Gasteiger partial charge in [0.1, 0.15) is 10.7 Å². The Kier molecular flexibility index (Phi) is 3.55. The highest BCUT2D eigenvalue weighted by Gasteiger charge is 2.33. The smallest absolute Gasteiger partial charge is 0.262 e. The number of benzene rings is 1. The van der Waals surface area contributed by atoms with Crippen LogP contribution in [-0.2, 0) is 10.0 Å². The van der Waals surface area contributed by atoms with Gasteiger partial charge in [-0.1, -0.05) is 6.07 Å². The van der Waals surface area contributed by atoms with Crippen LogP contribution in [0.4, 0.5) is 5.82 Å². The summed E-state index contributed by atoms with van der Waals surface area (Å²) in [6.45, 7) is 3.26. The van der Waals surface area contributed by atoms with Gasteiger partial charge in [-0.25, -0.2) is 13.6 Å². The first-order chi connectivity index (χ1) is 11.5. The maximum Gasteiger partial charge on any atom is 0.262 e. The Morgan fingerprint density at radius 1 is 1.04 bits per heavy atom. The Balaban J connectivity index is 2.49. The average Bonchev–Trinajstić information content (AvgIpc) is 2.74. The topological polar surface area (TPSA) is 154 Å². The molecular formula is C15H14N4O5S. The summed E-state index contributed by atoms with van der Waals surface area (Å²) in [6, 6.07) is 3.90. The second kappa shape index (κ2) is 5.26. The maximum atomic E-state index is 12.5. The van der Waals surface area contributed by atoms with Crippen molar-refractivity contribution in [2.24, 2.45) is 5.14 Å². The van der Waals surface area contributed by atoms with E-state index in [-0.39, 0.29) is 27.5 Å². The van der Waals surface area contributed by atoms with Gasteiger partial charge in [0.25, 0.3) is 17.4 Å². The number of rotatable bonds is 2. The molecule has 0 saturated heterocycles. The van der Waals surface area contributed by atoms with Gasteiger partial charge in [0.15, 0.2) is 0 Å². The van der Waals surface area contributed by atoms with E-state index >= 15 is 0 Å². The summed E-state index contributed by atoms with van der Waals surface area (Å²) in [5.41, 5.74) is 5.86. The van der Waals surface area contributed by atoms with Crippen LogP contribution in [0.3, 0.4) is 0 Å². The molecular weight excluding hydrogens is 348 g/mol. The molecule has 1 aliphatic rings. The van der Waals surface area contributed by atoms with Crippen LogP contribution in [0.2, 0.25) is 0 Å². The monoisotopic (exact) mass is 362 g/mol. The number of anilines is 1. The van der Waals surface area contributed by atoms with Crippen LogP contribution in [0.5, 0.6) is 0 Å². The van der Waals surface area contributed by atoms with Gasteiger partial charge in [-0.05, 0) is 31.0 Å². The second-order valence-corrected chi connectivity index (χ2v) is 7.28. The van der Waals surface area contributed by atoms with Crippen molar-refractivity contribution >= 4 is 27.7 Å². The average molecular weight is 362 g/mol. The van der Waals surface area contributed by atoms with Crippen LogP contribution in [-0.4, -0.2) is 24.8 Å². The third-order valence-electron chi connectivity index (χ3n) is 3.89. The van der Waals surface area contributed by atoms with E-state index in [1.807, 2.05) is 5.32 Å². The van der Waals surface area contributed by atoms with Crippen molar-refractivity contribution in [2.75, 3.05) is 5.73 Å². The Hall–Kier alpha value is -2.98. The second-order valence-electron chi connectivity index (χ2n) is 5.75. The van der Waals surface area contributed by atoms with Crippen LogP contribution < -0.4 is 21.7 Å². The zero-order valence-electron chi connectivity index (χ0n) is 13.3. The number of carbonyl (C=O) groups is 2. The molecule has 5 N–H and O–H groups in total. The third kappa shape index (κ3) is 2.51. The van der Waals surface area contributed by atoms with Gasteiger partial charge in [-0.3, -0.25) is 24.3 Å². The molecule has 1 aromatic heterocycles. The molecule has 3 rings (SSSR count). The van der Waals surface area contributed by atoms with E-state index < -0.39 is 27.4 Å². The molecule has 0 aliphatic carbocycles. The van der Waals surface area contributed by atoms with E-state index in [2.05, 4.69) is 0 Å². The SMILES string of the molecule is Cc1cc(C)c(-n2c(N)c3c(cc2=O)C(=O)NC3=O)c(S(N)(=O)=O)c1. The van der Waals surface area contributed by atoms with Gasteiger partial charge in [0, 0.05) is 6.07 Å². The summed E-state index contributed by atoms with van der Waals surface area (Å²) >= 11 is 0. The molecule has 0 atom stereocenters. The van der Waals surface area contributed by atoms with Crippen molar-refractivity contribution in [1.82, 2.24) is 9.88 Å². The number of primary sulfonamides is 1. The van der Waals surface area contributed by atoms with E-state index in [0.29, 0.717) is 11.1 Å². The molecule has 0 fully saturated rings. The summed E-state index contributed by atoms with van der Waals surface area (Å²) in [5.74, 6) is -1.82. The zero-order chi connectivity index (χ0) is 18.7. The first kappa shape index (κ1) is 16.9. The van der Waals surface area contributed by atoms with Crippen molar-refractivity contribution in [1.29, 1.82) is 0 Å². The molecule has 10 heteroatoms. The Morgan fingerprint density at radius 3 is 2.28 bits per heavy atom. The van der Waals surface area contributed by atoms with Crippen LogP contribution in [0.25, 0.3) is 5.69 Å². The highest BCUT2D eigenvalue weighted by molar-refractivity contribution is 7.89. The fourth-order valence-corrected chi connectivity index (χ4v) is 3.81. The number of aromatic nitrogens is 1. The molecule has 0 unspecified atom stereocenters. The first-order valence-electron chi connectivity index (χ1n) is 7.08. The van der Waals surface area contributed by atoms with Gasteiger partial charge in [0.2, 0.25) is 10.0 Å². The molecule has 0 radical (unpaired) electrons. The van der Waals surface area contributed by atoms with Crippen molar-refractivity contribution in [3.63, 3.8) is 0 Å². The lowest BCUT2D eigenvalue weighted by Crippen LogP contribution is -2.27. The van der Waals surface area contributed by atoms with Gasteiger partial charge >= 0.3 is 0 Å². The number of hydrogen-bond acceptors (Lipinski definition) is 6. The van der Waals surface area contributed by atoms with Crippen molar-refractivity contribution < 1.29 is 18.0 Å². The summed E-state index contributed by atoms with van der Waals surface area (Å²) in [4.78, 5) is 35.9. The number of carbonyl (C=O) groups excluding carboxylic acids is 2. The Labute approximate surface area is 142 Å². The highest BCUT2D eigenvalue weighted by atomic mass is 32.2. The van der Waals surface area contributed by atoms with E-state index in [0.717, 1.165) is 10.6 Å². The number of pyridine rings is 1. The van der Waals surface area contributed by atoms with Crippen molar-refractivity contribution in [2.45, 2.75) is 18.7 Å². The first-order valence-corrected chi connectivity index (χ1v) is 8.62. The summed E-state index contributed by atoms with van der Waals surface area (Å²) < 4.78 is 24.9. The van der Waals surface area contributed by atoms with Gasteiger partial charge in [-0.2, -0.15) is 0 Å². The van der Waals surface area contributed by atoms with Crippen molar-refractivity contribution in [3.05, 3.63) is 50.8 Å². The van der Waals surface area contributed by atoms with Crippen LogP contribution in [0, 0.1) is 13.8 Å². The minimum Gasteiger partial charge on any atom is -0.384 e. The number of imide groups is 1. The minimum absolute atomic E-state index is 0.0504. The fourth-order valence-electron chi connectivity index (χ4n) is 2.93. The van der Waals surface area contributed by atoms with Gasteiger partial charge in [-0.15, -0.1) is 0 Å². The number of sulfonamides is 1. The van der Waals surface area contributed by atoms with E-state index in [9.17, 15) is 22.8 Å². The molecule has 1 aromatic carbocycles. The van der Waals surface area contributed by atoms with E-state index in [4.69, 9.17) is 10.9 Å². The van der Waals surface area contributed by atoms with E-state index in [1.54, 1.807) is 19.9 Å². The third-order valence-corrected chi connectivity index (χ3v) is 4.82. The lowest BCUT2D eigenvalue weighted by molar-refractivity contribution is 0.0880. The number of nitrogens with one attached hydrogen (secondary N) is 1. The molecule has 0 spiro atoms. The van der Waals surface area contributed by atoms with E-state index in [1.165, 1.54) is 6.07 Å². The van der Waals surface area contributed by atoms with Gasteiger partial charge < -0.3 is 5.73 Å². The quantitative estimate of drug-likeness (QED) is 0.616. The molecule has 130 valence electrons. The molecule has 1 aliphatic heterocycles. The number of nitrogens with two attached hydrogens (primary N) is 2. The van der Waals surface area contributed by atoms with Crippen LogP contribution in [0.15, 0.2) is 27.9 Å². The summed E-state index contributed by atoms with van der Waals surface area (Å²) in [7, 11) is -4.18. The standard InChI is InChI=1S/C15H14N4O5S/c1-6-3-7(2)12(9(4-6)25(17,23)24)19-10(20)5-8-11(13(19)16)15(22)18-14(8)21/h3-5H,16H2,1-2H3,(H2,17,23,24)(H,18,21,22). The fraction of sp³-hybridized carbons (Fsp3) is 0.133. The lowest BCUT2D eigenvalue weighted by atomic mass is 10.1. The normalized spacial score (nSPS) is 13.7. The van der Waals surface area contributed by atoms with Gasteiger partial charge in [0.05, 0.1) is 16.8 Å². The molecule has 25 heavy (non-hydrogen) atoms. The zero-order valence-corrected chi connectivity index (χ0v) is 14.1. The molecule has 2 amide bonds. The number of fused-ring (bicyclic) bond motifs is 1. The predicted molar refractivity (Wildman–Crippen MR) is 89.1 cm³/mol. The molecule has 0 saturated carbocycles. The summed E-state index contributed by atoms with van der Waals surface area (Å²) in [6.07, 6.45) is 0. The Morgan fingerprint density at radius 2 is 1.68 bits per heavy atom. The van der Waals surface area contributed by atoms with Crippen LogP contribution in [0.1, 0.15) is 31.8 Å². The van der Waals surface area contributed by atoms with Crippen LogP contribution >= 0.6 is 0 Å². The number of nitrogen functional groups attached to an aromatic ring is 1.